The maximum atomic E-state index is 13.1. The van der Waals surface area contributed by atoms with Crippen LogP contribution in [0.5, 0.6) is 0 Å². The molecule has 8 heteroatoms. The average Bonchev–Trinajstić information content (AvgIpc) is 2.69. The van der Waals surface area contributed by atoms with Gasteiger partial charge < -0.3 is 20.1 Å². The second-order valence-corrected chi connectivity index (χ2v) is 5.42. The molecule has 0 aromatic rings. The number of nitrogens with one attached hydrogen (secondary N) is 1. The fourth-order valence-corrected chi connectivity index (χ4v) is 2.61. The largest absolute Gasteiger partial charge is 0.481 e. The minimum absolute atomic E-state index is 0.0154. The highest BCUT2D eigenvalue weighted by atomic mass is 19.3. The monoisotopic (exact) mass is 292 g/mol. The lowest BCUT2D eigenvalue weighted by molar-refractivity contribution is -0.139. The Morgan fingerprint density at radius 2 is 1.90 bits per heavy atom. The van der Waals surface area contributed by atoms with E-state index in [4.69, 9.17) is 9.84 Å². The van der Waals surface area contributed by atoms with Gasteiger partial charge in [-0.15, -0.1) is 0 Å². The number of aliphatic carboxylic acids is 1. The Kier molecular flexibility index (Phi) is 4.12. The molecule has 2 amide bonds. The minimum atomic E-state index is -2.85. The van der Waals surface area contributed by atoms with Crippen LogP contribution in [-0.4, -0.2) is 59.8 Å². The number of carbonyl (C=O) groups is 2. The van der Waals surface area contributed by atoms with E-state index in [1.807, 2.05) is 0 Å². The number of carboxylic acid groups (broad SMARTS) is 1. The molecule has 0 aromatic carbocycles. The highest BCUT2D eigenvalue weighted by Gasteiger charge is 2.43. The summed E-state index contributed by atoms with van der Waals surface area (Å²) in [4.78, 5) is 24.0. The van der Waals surface area contributed by atoms with Crippen LogP contribution in [0.3, 0.4) is 0 Å². The van der Waals surface area contributed by atoms with Crippen LogP contribution in [-0.2, 0) is 9.53 Å². The molecule has 0 unspecified atom stereocenters. The fraction of sp³-hybridized carbons (Fsp3) is 0.833. The summed E-state index contributed by atoms with van der Waals surface area (Å²) >= 11 is 0. The maximum Gasteiger partial charge on any atom is 0.318 e. The quantitative estimate of drug-likeness (QED) is 0.815. The van der Waals surface area contributed by atoms with Crippen molar-refractivity contribution in [3.05, 3.63) is 0 Å². The molecule has 20 heavy (non-hydrogen) atoms. The van der Waals surface area contributed by atoms with Gasteiger partial charge in [-0.2, -0.15) is 0 Å². The van der Waals surface area contributed by atoms with E-state index in [0.29, 0.717) is 26.1 Å². The lowest BCUT2D eigenvalue weighted by Crippen LogP contribution is -2.56. The highest BCUT2D eigenvalue weighted by molar-refractivity contribution is 5.77. The van der Waals surface area contributed by atoms with Crippen LogP contribution in [0.2, 0.25) is 0 Å². The number of ether oxygens (including phenoxy) is 1. The number of amides is 2. The van der Waals surface area contributed by atoms with Gasteiger partial charge in [0.05, 0.1) is 18.5 Å². The summed E-state index contributed by atoms with van der Waals surface area (Å²) in [5, 5.41) is 11.6. The molecule has 2 N–H and O–H groups in total. The number of likely N-dealkylation sites (tertiary alicyclic amines) is 1. The van der Waals surface area contributed by atoms with Crippen molar-refractivity contribution in [2.24, 2.45) is 0 Å². The first-order chi connectivity index (χ1) is 9.32. The average molecular weight is 292 g/mol. The number of alkyl halides is 2. The normalized spacial score (nSPS) is 24.4. The van der Waals surface area contributed by atoms with Crippen LogP contribution >= 0.6 is 0 Å². The third-order valence-corrected chi connectivity index (χ3v) is 3.77. The van der Waals surface area contributed by atoms with Gasteiger partial charge in [0, 0.05) is 26.2 Å². The number of carbonyl (C=O) groups excluding carboxylic acids is 1. The minimum Gasteiger partial charge on any atom is -0.481 e. The molecular formula is C12H18F2N2O4. The summed E-state index contributed by atoms with van der Waals surface area (Å²) in [7, 11) is 0. The molecule has 2 aliphatic heterocycles. The summed E-state index contributed by atoms with van der Waals surface area (Å²) in [5.41, 5.74) is -0.904. The van der Waals surface area contributed by atoms with E-state index in [1.165, 1.54) is 0 Å². The molecule has 0 atom stereocenters. The summed E-state index contributed by atoms with van der Waals surface area (Å²) in [6.45, 7) is 0.0738. The van der Waals surface area contributed by atoms with Gasteiger partial charge in [-0.1, -0.05) is 0 Å². The molecule has 2 rings (SSSR count). The van der Waals surface area contributed by atoms with Gasteiger partial charge in [-0.25, -0.2) is 13.6 Å². The topological polar surface area (TPSA) is 78.9 Å². The first-order valence-corrected chi connectivity index (χ1v) is 6.56. The van der Waals surface area contributed by atoms with Crippen LogP contribution < -0.4 is 5.32 Å². The van der Waals surface area contributed by atoms with Crippen molar-refractivity contribution in [3.8, 4) is 0 Å². The van der Waals surface area contributed by atoms with Crippen LogP contribution in [0.4, 0.5) is 13.6 Å². The predicted molar refractivity (Wildman–Crippen MR) is 64.7 cm³/mol. The Bertz CT molecular complexity index is 397. The molecule has 0 spiro atoms. The SMILES string of the molecule is O=C(O)CC1(NC(=O)N2CCC(F)(F)C2)CCOCC1. The molecule has 2 heterocycles. The second-order valence-electron chi connectivity index (χ2n) is 5.42. The van der Waals surface area contributed by atoms with Gasteiger partial charge in [0.1, 0.15) is 0 Å². The maximum absolute atomic E-state index is 13.1. The van der Waals surface area contributed by atoms with E-state index >= 15 is 0 Å². The number of urea groups is 1. The number of rotatable bonds is 3. The van der Waals surface area contributed by atoms with Crippen molar-refractivity contribution in [3.63, 3.8) is 0 Å². The Labute approximate surface area is 115 Å². The van der Waals surface area contributed by atoms with Gasteiger partial charge >= 0.3 is 12.0 Å². The lowest BCUT2D eigenvalue weighted by Gasteiger charge is -2.37. The zero-order chi connectivity index (χ0) is 14.8. The van der Waals surface area contributed by atoms with Gasteiger partial charge in [0.2, 0.25) is 0 Å². The molecule has 114 valence electrons. The van der Waals surface area contributed by atoms with Gasteiger partial charge in [-0.3, -0.25) is 4.79 Å². The van der Waals surface area contributed by atoms with Crippen molar-refractivity contribution < 1.29 is 28.2 Å². The van der Waals surface area contributed by atoms with Crippen LogP contribution in [0.15, 0.2) is 0 Å². The molecule has 0 aromatic heterocycles. The molecule has 0 aliphatic carbocycles. The van der Waals surface area contributed by atoms with E-state index in [9.17, 15) is 18.4 Å². The van der Waals surface area contributed by atoms with Gasteiger partial charge in [-0.05, 0) is 12.8 Å². The first-order valence-electron chi connectivity index (χ1n) is 6.56. The summed E-state index contributed by atoms with van der Waals surface area (Å²) in [6.07, 6.45) is 0.159. The zero-order valence-corrected chi connectivity index (χ0v) is 11.0. The Balaban J connectivity index is 2.00. The molecule has 0 saturated carbocycles. The highest BCUT2D eigenvalue weighted by Crippen LogP contribution is 2.29. The van der Waals surface area contributed by atoms with Crippen LogP contribution in [0, 0.1) is 0 Å². The summed E-state index contributed by atoms with van der Waals surface area (Å²) in [6, 6.07) is -0.620. The van der Waals surface area contributed by atoms with E-state index in [1.54, 1.807) is 0 Å². The van der Waals surface area contributed by atoms with Crippen molar-refractivity contribution in [2.45, 2.75) is 37.1 Å². The molecule has 2 saturated heterocycles. The third kappa shape index (κ3) is 3.56. The molecule has 2 aliphatic rings. The molecular weight excluding hydrogens is 274 g/mol. The number of nitrogens with zero attached hydrogens (tertiary/aromatic N) is 1. The van der Waals surface area contributed by atoms with E-state index in [-0.39, 0.29) is 19.4 Å². The molecule has 0 bridgehead atoms. The Hall–Kier alpha value is -1.44. The van der Waals surface area contributed by atoms with E-state index in [0.717, 1.165) is 4.90 Å². The second kappa shape index (κ2) is 5.51. The van der Waals surface area contributed by atoms with Crippen LogP contribution in [0.1, 0.15) is 25.7 Å². The number of hydrogen-bond donors (Lipinski definition) is 2. The summed E-state index contributed by atoms with van der Waals surface area (Å²) in [5.74, 6) is -3.88. The van der Waals surface area contributed by atoms with Gasteiger partial charge in [0.15, 0.2) is 0 Å². The first kappa shape index (κ1) is 15.0. The lowest BCUT2D eigenvalue weighted by atomic mass is 9.86. The number of halogens is 2. The zero-order valence-electron chi connectivity index (χ0n) is 11.0. The predicted octanol–water partition coefficient (Wildman–Crippen LogP) is 1.06. The van der Waals surface area contributed by atoms with E-state index in [2.05, 4.69) is 5.32 Å². The van der Waals surface area contributed by atoms with Crippen molar-refractivity contribution in [2.75, 3.05) is 26.3 Å². The van der Waals surface area contributed by atoms with Crippen LogP contribution in [0.25, 0.3) is 0 Å². The summed E-state index contributed by atoms with van der Waals surface area (Å²) < 4.78 is 31.4. The third-order valence-electron chi connectivity index (χ3n) is 3.77. The Morgan fingerprint density at radius 3 is 2.40 bits per heavy atom. The van der Waals surface area contributed by atoms with Crippen molar-refractivity contribution in [1.29, 1.82) is 0 Å². The fourth-order valence-electron chi connectivity index (χ4n) is 2.61. The molecule has 0 radical (unpaired) electrons. The van der Waals surface area contributed by atoms with E-state index < -0.39 is 30.0 Å². The van der Waals surface area contributed by atoms with Crippen molar-refractivity contribution in [1.82, 2.24) is 10.2 Å². The molecule has 6 nitrogen and oxygen atoms in total. The Morgan fingerprint density at radius 1 is 1.25 bits per heavy atom. The van der Waals surface area contributed by atoms with Crippen molar-refractivity contribution >= 4 is 12.0 Å². The van der Waals surface area contributed by atoms with Gasteiger partial charge in [0.25, 0.3) is 5.92 Å². The number of hydrogen-bond acceptors (Lipinski definition) is 3. The number of carboxylic acids is 1. The molecule has 2 fully saturated rings. The smallest absolute Gasteiger partial charge is 0.318 e. The standard InChI is InChI=1S/C12H18F2N2O4/c13-12(14)1-4-16(8-12)10(19)15-11(7-9(17)18)2-5-20-6-3-11/h1-8H2,(H,15,19)(H,17,18).